The number of amides is 1. The summed E-state index contributed by atoms with van der Waals surface area (Å²) in [7, 11) is -9.10. The highest BCUT2D eigenvalue weighted by Crippen LogP contribution is 2.66. The lowest BCUT2D eigenvalue weighted by Crippen LogP contribution is -2.34. The van der Waals surface area contributed by atoms with E-state index in [1.807, 2.05) is 83.2 Å². The van der Waals surface area contributed by atoms with Gasteiger partial charge >= 0.3 is 0 Å². The van der Waals surface area contributed by atoms with E-state index >= 15 is 0 Å². The molecule has 9 rings (SSSR count). The van der Waals surface area contributed by atoms with E-state index in [0.717, 1.165) is 53.0 Å². The Morgan fingerprint density at radius 2 is 1.67 bits per heavy atom. The number of anilines is 2. The Morgan fingerprint density at radius 1 is 0.915 bits per heavy atom. The lowest BCUT2D eigenvalue weighted by molar-refractivity contribution is -0.438. The molecule has 0 saturated heterocycles. The summed E-state index contributed by atoms with van der Waals surface area (Å²) >= 11 is 6.22. The van der Waals surface area contributed by atoms with Crippen LogP contribution in [0.4, 0.5) is 17.2 Å². The smallest absolute Gasteiger partial charge is 0.294 e. The van der Waals surface area contributed by atoms with E-state index in [4.69, 9.17) is 11.6 Å². The molecule has 2 aliphatic heterocycles. The van der Waals surface area contributed by atoms with Crippen LogP contribution in [-0.4, -0.2) is 116 Å². The SMILES string of the molecule is CCN1\C(=C/C=C/C=C/C2=[N+](CCCCCC(=O)CCCNC(=O)CCC#Cc3nc(NCc4cccc(Cl)c4)c4ncn([C@@H]5[C@H]6C[C@@]6(C=O)C(O)[C@@H]5O)c4n3)c3ccc(S(=O)(=O)[O-])cc3C2(C)C)C(C)(C)c2cc(S(=O)(=O)O)ccc21. The summed E-state index contributed by atoms with van der Waals surface area (Å²) in [6, 6.07) is 15.8. The maximum absolute atomic E-state index is 12.9. The minimum atomic E-state index is -4.71. The third-order valence-electron chi connectivity index (χ3n) is 16.4. The molecular weight excluding hydrogens is 1110 g/mol. The number of imidazole rings is 1. The fourth-order valence-electron chi connectivity index (χ4n) is 11.9. The summed E-state index contributed by atoms with van der Waals surface area (Å²) < 4.78 is 73.8. The predicted molar refractivity (Wildman–Crippen MR) is 309 cm³/mol. The summed E-state index contributed by atoms with van der Waals surface area (Å²) in [5, 5.41) is 28.5. The lowest BCUT2D eigenvalue weighted by Gasteiger charge is -2.25. The molecule has 5 aromatic rings. The summed E-state index contributed by atoms with van der Waals surface area (Å²) in [6.45, 7) is 11.8. The zero-order valence-corrected chi connectivity index (χ0v) is 48.7. The number of nitrogens with one attached hydrogen (secondary N) is 2. The molecular formula is C60H67ClN8O11S2. The van der Waals surface area contributed by atoms with Gasteiger partial charge in [0, 0.05) is 91.3 Å². The van der Waals surface area contributed by atoms with Crippen molar-refractivity contribution in [2.75, 3.05) is 29.9 Å². The van der Waals surface area contributed by atoms with Crippen LogP contribution in [0.15, 0.2) is 113 Å². The topological polar surface area (TPSA) is 277 Å². The van der Waals surface area contributed by atoms with Crippen LogP contribution in [-0.2, 0) is 52.0 Å². The van der Waals surface area contributed by atoms with Crippen LogP contribution in [0, 0.1) is 23.2 Å². The van der Waals surface area contributed by atoms with E-state index in [0.29, 0.717) is 85.9 Å². The van der Waals surface area contributed by atoms with E-state index in [1.54, 1.807) is 22.8 Å². The normalized spacial score (nSPS) is 21.9. The van der Waals surface area contributed by atoms with Crippen molar-refractivity contribution >= 4 is 83.9 Å². The molecule has 5 atom stereocenters. The highest BCUT2D eigenvalue weighted by Gasteiger charge is 2.72. The maximum Gasteiger partial charge on any atom is 0.294 e. The van der Waals surface area contributed by atoms with Crippen LogP contribution in [0.2, 0.25) is 5.02 Å². The molecule has 0 bridgehead atoms. The average Bonchev–Trinajstić information content (AvgIpc) is 1.93. The van der Waals surface area contributed by atoms with Crippen molar-refractivity contribution in [1.29, 1.82) is 0 Å². The van der Waals surface area contributed by atoms with E-state index in [1.165, 1.54) is 30.6 Å². The van der Waals surface area contributed by atoms with Gasteiger partial charge in [-0.2, -0.15) is 13.0 Å². The number of nitrogens with zero attached hydrogens (tertiary/aromatic N) is 6. The number of benzene rings is 3. The highest BCUT2D eigenvalue weighted by atomic mass is 35.5. The number of rotatable bonds is 23. The summed E-state index contributed by atoms with van der Waals surface area (Å²) in [5.74, 6) is 6.04. The van der Waals surface area contributed by atoms with Gasteiger partial charge in [0.1, 0.15) is 34.8 Å². The number of carbonyl (C=O) groups is 3. The van der Waals surface area contributed by atoms with Crippen LogP contribution >= 0.6 is 11.6 Å². The number of halogens is 1. The van der Waals surface area contributed by atoms with Gasteiger partial charge in [-0.25, -0.2) is 23.4 Å². The second kappa shape index (κ2) is 23.8. The number of fused-ring (bicyclic) bond motifs is 4. The molecule has 432 valence electrons. The second-order valence-electron chi connectivity index (χ2n) is 22.4. The average molecular weight is 1180 g/mol. The number of aromatic nitrogens is 4. The minimum Gasteiger partial charge on any atom is -0.744 e. The molecule has 2 fully saturated rings. The van der Waals surface area contributed by atoms with E-state index in [9.17, 15) is 50.5 Å². The molecule has 82 heavy (non-hydrogen) atoms. The van der Waals surface area contributed by atoms with Crippen LogP contribution in [0.25, 0.3) is 11.2 Å². The molecule has 22 heteroatoms. The first kappa shape index (κ1) is 59.7. The molecule has 1 amide bonds. The monoisotopic (exact) mass is 1170 g/mol. The van der Waals surface area contributed by atoms with Crippen molar-refractivity contribution in [2.45, 2.75) is 138 Å². The fourth-order valence-corrected chi connectivity index (χ4v) is 13.1. The maximum atomic E-state index is 12.9. The van der Waals surface area contributed by atoms with E-state index < -0.39 is 54.7 Å². The number of aliphatic hydroxyl groups excluding tert-OH is 2. The fraction of sp³-hybridized carbons (Fsp3) is 0.417. The van der Waals surface area contributed by atoms with Gasteiger partial charge in [-0.3, -0.25) is 14.1 Å². The Labute approximate surface area is 482 Å². The number of carbonyl (C=O) groups excluding carboxylic acids is 3. The van der Waals surface area contributed by atoms with Crippen molar-refractivity contribution in [3.8, 4) is 11.8 Å². The molecule has 2 aromatic heterocycles. The van der Waals surface area contributed by atoms with Gasteiger partial charge in [0.25, 0.3) is 10.1 Å². The molecule has 4 aliphatic rings. The van der Waals surface area contributed by atoms with E-state index in [2.05, 4.69) is 46.9 Å². The van der Waals surface area contributed by atoms with Gasteiger partial charge < -0.3 is 39.7 Å². The number of aldehydes is 1. The first-order valence-corrected chi connectivity index (χ1v) is 30.7. The van der Waals surface area contributed by atoms with Crippen molar-refractivity contribution in [3.05, 3.63) is 131 Å². The number of unbranched alkanes of at least 4 members (excludes halogenated alkanes) is 2. The number of allylic oxidation sites excluding steroid dienone is 6. The molecule has 2 aliphatic carbocycles. The van der Waals surface area contributed by atoms with Crippen LogP contribution in [0.1, 0.15) is 121 Å². The molecule has 0 spiro atoms. The Balaban J connectivity index is 0.764. The first-order valence-electron chi connectivity index (χ1n) is 27.4. The molecule has 0 radical (unpaired) electrons. The molecule has 5 N–H and O–H groups in total. The summed E-state index contributed by atoms with van der Waals surface area (Å²) in [5.41, 5.74) is 4.40. The van der Waals surface area contributed by atoms with Gasteiger partial charge in [0.2, 0.25) is 17.4 Å². The molecule has 19 nitrogen and oxygen atoms in total. The van der Waals surface area contributed by atoms with Crippen LogP contribution < -0.4 is 15.5 Å². The van der Waals surface area contributed by atoms with Crippen molar-refractivity contribution in [2.24, 2.45) is 11.3 Å². The van der Waals surface area contributed by atoms with E-state index in [-0.39, 0.29) is 46.1 Å². The summed E-state index contributed by atoms with van der Waals surface area (Å²) in [6.07, 6.45) is 13.5. The number of ketones is 1. The Kier molecular flexibility index (Phi) is 17.3. The molecule has 1 unspecified atom stereocenters. The highest BCUT2D eigenvalue weighted by molar-refractivity contribution is 7.86. The van der Waals surface area contributed by atoms with Gasteiger partial charge in [-0.05, 0) is 118 Å². The number of likely N-dealkylation sites (N-methyl/N-ethyl adjacent to an activating group) is 1. The molecule has 4 heterocycles. The Bertz CT molecular complexity index is 3790. The Hall–Kier alpha value is -6.90. The largest absolute Gasteiger partial charge is 0.744 e. The third kappa shape index (κ3) is 12.1. The third-order valence-corrected chi connectivity index (χ3v) is 18.3. The van der Waals surface area contributed by atoms with Gasteiger partial charge in [0.15, 0.2) is 22.7 Å². The number of hydrogen-bond acceptors (Lipinski definition) is 15. The Morgan fingerprint density at radius 3 is 2.39 bits per heavy atom. The van der Waals surface area contributed by atoms with Gasteiger partial charge in [-0.1, -0.05) is 61.7 Å². The van der Waals surface area contributed by atoms with Crippen LogP contribution in [0.3, 0.4) is 0 Å². The predicted octanol–water partition coefficient (Wildman–Crippen LogP) is 7.77. The first-order chi connectivity index (χ1) is 38.9. The lowest BCUT2D eigenvalue weighted by atomic mass is 9.81. The summed E-state index contributed by atoms with van der Waals surface area (Å²) in [4.78, 5) is 53.2. The van der Waals surface area contributed by atoms with Crippen LogP contribution in [0.5, 0.6) is 0 Å². The standard InChI is InChI=1S/C60H67ClN8O11S2/c1-6-67-46-27-25-41(81(75,76)77)32-43(46)58(2,3)48(67)21-10-7-11-22-49-59(4,5)44-33-42(82(78,79)80)26-28-47(44)68(49)30-14-8-9-19-40(71)20-16-29-62-51(72)24-13-12-23-50-65-56(63-35-38-17-15-18-39(61)31-38)52-57(66-50)69(37-64-52)53-45-34-60(45,36-70)55(74)54(53)73/h7,10-11,15,17-18,21-22,25-28,31-33,36-37,45,53-55,73-74H,6,8-9,13-14,16,19-20,24,29-30,34-35H2,1-5H3,(H3-,62,63,65,66,72,75,76,77,78,79,80)/t45-,53-,54-,55?,60+/m1/s1. The second-order valence-corrected chi connectivity index (χ2v) is 25.6. The minimum absolute atomic E-state index is 0.0874. The van der Waals surface area contributed by atoms with Crippen molar-refractivity contribution in [3.63, 3.8) is 0 Å². The number of Topliss-reactive ketones (excluding diaryl/α,β-unsaturated/α-hetero) is 1. The van der Waals surface area contributed by atoms with Crippen molar-refractivity contribution in [1.82, 2.24) is 24.8 Å². The quantitative estimate of drug-likeness (QED) is 0.0104. The number of aliphatic hydroxyl groups is 2. The molecule has 3 aromatic carbocycles. The zero-order chi connectivity index (χ0) is 58.9. The zero-order valence-electron chi connectivity index (χ0n) is 46.3. The van der Waals surface area contributed by atoms with Gasteiger partial charge in [-0.15, -0.1) is 0 Å². The number of hydrogen-bond donors (Lipinski definition) is 5. The van der Waals surface area contributed by atoms with Crippen molar-refractivity contribution < 1.29 is 55.1 Å². The van der Waals surface area contributed by atoms with Gasteiger partial charge in [0.05, 0.1) is 39.1 Å². The molecule has 2 saturated carbocycles.